The van der Waals surface area contributed by atoms with Crippen LogP contribution in [0.1, 0.15) is 34.6 Å². The summed E-state index contributed by atoms with van der Waals surface area (Å²) >= 11 is 0. The van der Waals surface area contributed by atoms with Gasteiger partial charge in [-0.3, -0.25) is 4.90 Å². The molecule has 1 amide bonds. The van der Waals surface area contributed by atoms with Gasteiger partial charge in [0.2, 0.25) is 0 Å². The van der Waals surface area contributed by atoms with Crippen LogP contribution in [0.3, 0.4) is 0 Å². The van der Waals surface area contributed by atoms with Crippen LogP contribution in [0.4, 0.5) is 18.0 Å². The lowest BCUT2D eigenvalue weighted by Crippen LogP contribution is -2.48. The summed E-state index contributed by atoms with van der Waals surface area (Å²) in [6.45, 7) is 7.19. The molecule has 0 bridgehead atoms. The Morgan fingerprint density at radius 3 is 2.00 bits per heavy atom. The zero-order chi connectivity index (χ0) is 13.1. The number of amides is 1. The van der Waals surface area contributed by atoms with Crippen LogP contribution in [0, 0.1) is 0 Å². The van der Waals surface area contributed by atoms with Gasteiger partial charge in [0, 0.05) is 6.54 Å². The van der Waals surface area contributed by atoms with Crippen molar-refractivity contribution in [3.63, 3.8) is 0 Å². The van der Waals surface area contributed by atoms with Gasteiger partial charge in [0.25, 0.3) is 0 Å². The average molecular weight is 241 g/mol. The third-order valence-corrected chi connectivity index (χ3v) is 1.91. The number of carbonyl (C=O) groups excluding carboxylic acids is 1. The van der Waals surface area contributed by atoms with Crippen LogP contribution >= 0.6 is 0 Å². The second-order valence-corrected chi connectivity index (χ2v) is 4.48. The Hall–Kier alpha value is -0.940. The molecule has 0 aliphatic carbocycles. The third-order valence-electron chi connectivity index (χ3n) is 1.91. The van der Waals surface area contributed by atoms with E-state index in [1.165, 1.54) is 6.92 Å². The molecule has 6 heteroatoms. The van der Waals surface area contributed by atoms with Gasteiger partial charge in [-0.2, -0.15) is 13.2 Å². The second-order valence-electron chi connectivity index (χ2n) is 4.48. The summed E-state index contributed by atoms with van der Waals surface area (Å²) in [6.07, 6.45) is -5.38. The second kappa shape index (κ2) is 4.93. The molecule has 1 atom stereocenters. The first-order chi connectivity index (χ1) is 6.99. The van der Waals surface area contributed by atoms with E-state index >= 15 is 0 Å². The van der Waals surface area contributed by atoms with E-state index in [1.807, 2.05) is 0 Å². The molecule has 3 nitrogen and oxygen atoms in total. The van der Waals surface area contributed by atoms with E-state index in [2.05, 4.69) is 0 Å². The first-order valence-electron chi connectivity index (χ1n) is 5.05. The monoisotopic (exact) mass is 241 g/mol. The van der Waals surface area contributed by atoms with E-state index in [-0.39, 0.29) is 6.54 Å². The first-order valence-corrected chi connectivity index (χ1v) is 5.05. The highest BCUT2D eigenvalue weighted by Crippen LogP contribution is 2.25. The minimum atomic E-state index is -4.44. The largest absolute Gasteiger partial charge is 0.444 e. The summed E-state index contributed by atoms with van der Waals surface area (Å²) < 4.78 is 42.2. The molecular weight excluding hydrogens is 223 g/mol. The molecule has 0 radical (unpaired) electrons. The maximum atomic E-state index is 12.4. The Morgan fingerprint density at radius 1 is 1.31 bits per heavy atom. The normalized spacial score (nSPS) is 14.5. The summed E-state index contributed by atoms with van der Waals surface area (Å²) in [5.41, 5.74) is -0.796. The topological polar surface area (TPSA) is 29.5 Å². The number of nitrogens with zero attached hydrogens (tertiary/aromatic N) is 1. The van der Waals surface area contributed by atoms with Crippen LogP contribution in [0.25, 0.3) is 0 Å². The maximum absolute atomic E-state index is 12.4. The summed E-state index contributed by atoms with van der Waals surface area (Å²) in [5.74, 6) is 0. The zero-order valence-corrected chi connectivity index (χ0v) is 10.2. The lowest BCUT2D eigenvalue weighted by Gasteiger charge is -2.31. The molecule has 0 heterocycles. The Kier molecular flexibility index (Phi) is 4.64. The highest BCUT2D eigenvalue weighted by Gasteiger charge is 2.42. The van der Waals surface area contributed by atoms with Gasteiger partial charge < -0.3 is 4.74 Å². The van der Waals surface area contributed by atoms with Crippen LogP contribution in [0.5, 0.6) is 0 Å². The van der Waals surface area contributed by atoms with Gasteiger partial charge in [-0.05, 0) is 34.6 Å². The highest BCUT2D eigenvalue weighted by atomic mass is 19.4. The lowest BCUT2D eigenvalue weighted by atomic mass is 10.2. The van der Waals surface area contributed by atoms with Crippen molar-refractivity contribution in [3.8, 4) is 0 Å². The Labute approximate surface area is 93.6 Å². The van der Waals surface area contributed by atoms with Gasteiger partial charge in [0.15, 0.2) is 0 Å². The van der Waals surface area contributed by atoms with Crippen molar-refractivity contribution < 1.29 is 22.7 Å². The van der Waals surface area contributed by atoms with Crippen LogP contribution in [-0.4, -0.2) is 35.4 Å². The van der Waals surface area contributed by atoms with Crippen LogP contribution in [0.15, 0.2) is 0 Å². The molecule has 0 aliphatic rings. The van der Waals surface area contributed by atoms with Crippen LogP contribution in [0.2, 0.25) is 0 Å². The SMILES string of the molecule is CCN(C(=O)OC(C)(C)C)C(C)C(F)(F)F. The molecule has 0 aliphatic heterocycles. The quantitative estimate of drug-likeness (QED) is 0.743. The van der Waals surface area contributed by atoms with Gasteiger partial charge in [0.1, 0.15) is 11.6 Å². The smallest absolute Gasteiger partial charge is 0.410 e. The molecule has 96 valence electrons. The van der Waals surface area contributed by atoms with Crippen molar-refractivity contribution in [3.05, 3.63) is 0 Å². The highest BCUT2D eigenvalue weighted by molar-refractivity contribution is 5.68. The maximum Gasteiger partial charge on any atom is 0.410 e. The molecule has 0 saturated heterocycles. The number of rotatable bonds is 2. The van der Waals surface area contributed by atoms with Gasteiger partial charge in [-0.1, -0.05) is 0 Å². The average Bonchev–Trinajstić information content (AvgIpc) is 1.99. The van der Waals surface area contributed by atoms with Crippen molar-refractivity contribution in [2.75, 3.05) is 6.54 Å². The van der Waals surface area contributed by atoms with Crippen molar-refractivity contribution in [2.45, 2.75) is 52.4 Å². The molecule has 0 spiro atoms. The lowest BCUT2D eigenvalue weighted by molar-refractivity contribution is -0.175. The fourth-order valence-corrected chi connectivity index (χ4v) is 1.06. The molecule has 0 rings (SSSR count). The third kappa shape index (κ3) is 4.72. The standard InChI is InChI=1S/C10H18F3NO2/c1-6-14(7(2)10(11,12)13)8(15)16-9(3,4)5/h7H,6H2,1-5H3. The molecule has 0 saturated carbocycles. The molecule has 0 aromatic carbocycles. The minimum absolute atomic E-state index is 0.0460. The number of ether oxygens (including phenoxy) is 1. The molecule has 0 fully saturated rings. The van der Waals surface area contributed by atoms with Gasteiger partial charge in [-0.15, -0.1) is 0 Å². The predicted octanol–water partition coefficient (Wildman–Crippen LogP) is 3.19. The number of alkyl halides is 3. The number of carbonyl (C=O) groups is 1. The van der Waals surface area contributed by atoms with E-state index in [4.69, 9.17) is 4.74 Å². The molecular formula is C10H18F3NO2. The van der Waals surface area contributed by atoms with E-state index in [9.17, 15) is 18.0 Å². The van der Waals surface area contributed by atoms with Gasteiger partial charge >= 0.3 is 12.3 Å². The minimum Gasteiger partial charge on any atom is -0.444 e. The number of hydrogen-bond acceptors (Lipinski definition) is 2. The number of halogens is 3. The predicted molar refractivity (Wildman–Crippen MR) is 54.1 cm³/mol. The van der Waals surface area contributed by atoms with Crippen molar-refractivity contribution in [1.29, 1.82) is 0 Å². The van der Waals surface area contributed by atoms with Gasteiger partial charge in [-0.25, -0.2) is 4.79 Å². The fraction of sp³-hybridized carbons (Fsp3) is 0.900. The summed E-state index contributed by atoms with van der Waals surface area (Å²) in [5, 5.41) is 0. The van der Waals surface area contributed by atoms with Gasteiger partial charge in [0.05, 0.1) is 0 Å². The first kappa shape index (κ1) is 15.1. The molecule has 0 aromatic heterocycles. The number of hydrogen-bond donors (Lipinski definition) is 0. The zero-order valence-electron chi connectivity index (χ0n) is 10.2. The molecule has 0 N–H and O–H groups in total. The molecule has 1 unspecified atom stereocenters. The van der Waals surface area contributed by atoms with Crippen LogP contribution in [-0.2, 0) is 4.74 Å². The van der Waals surface area contributed by atoms with E-state index in [0.29, 0.717) is 4.90 Å². The van der Waals surface area contributed by atoms with E-state index in [1.54, 1.807) is 20.8 Å². The summed E-state index contributed by atoms with van der Waals surface area (Å²) in [7, 11) is 0. The van der Waals surface area contributed by atoms with E-state index < -0.39 is 23.9 Å². The van der Waals surface area contributed by atoms with E-state index in [0.717, 1.165) is 6.92 Å². The van der Waals surface area contributed by atoms with Crippen molar-refractivity contribution >= 4 is 6.09 Å². The molecule has 0 aromatic rings. The van der Waals surface area contributed by atoms with Crippen molar-refractivity contribution in [2.24, 2.45) is 0 Å². The summed E-state index contributed by atoms with van der Waals surface area (Å²) in [6, 6.07) is -1.84. The summed E-state index contributed by atoms with van der Waals surface area (Å²) in [4.78, 5) is 12.1. The Balaban J connectivity index is 4.69. The van der Waals surface area contributed by atoms with Crippen molar-refractivity contribution in [1.82, 2.24) is 4.90 Å². The Bertz CT molecular complexity index is 245. The fourth-order valence-electron chi connectivity index (χ4n) is 1.06. The Morgan fingerprint density at radius 2 is 1.75 bits per heavy atom. The van der Waals surface area contributed by atoms with Crippen LogP contribution < -0.4 is 0 Å². The molecule has 16 heavy (non-hydrogen) atoms.